The van der Waals surface area contributed by atoms with E-state index in [1.54, 1.807) is 6.07 Å². The van der Waals surface area contributed by atoms with Crippen LogP contribution < -0.4 is 0 Å². The van der Waals surface area contributed by atoms with Crippen molar-refractivity contribution in [1.82, 2.24) is 4.98 Å². The van der Waals surface area contributed by atoms with Crippen molar-refractivity contribution in [2.45, 2.75) is 6.92 Å². The SMILES string of the molecule is C=Nc1cc(O)c2cc(C)ncc2c1O. The number of fused-ring (bicyclic) bond motifs is 1. The third-order valence-corrected chi connectivity index (χ3v) is 2.26. The lowest BCUT2D eigenvalue weighted by molar-refractivity contribution is 0.470. The van der Waals surface area contributed by atoms with Crippen LogP contribution in [0.5, 0.6) is 11.5 Å². The van der Waals surface area contributed by atoms with E-state index >= 15 is 0 Å². The van der Waals surface area contributed by atoms with E-state index in [9.17, 15) is 10.2 Å². The zero-order valence-corrected chi connectivity index (χ0v) is 8.23. The molecular weight excluding hydrogens is 192 g/mol. The fourth-order valence-electron chi connectivity index (χ4n) is 1.49. The molecule has 0 bridgehead atoms. The number of nitrogens with zero attached hydrogens (tertiary/aromatic N) is 2. The Morgan fingerprint density at radius 2 is 2.00 bits per heavy atom. The van der Waals surface area contributed by atoms with Crippen molar-refractivity contribution >= 4 is 23.2 Å². The largest absolute Gasteiger partial charge is 0.507 e. The molecule has 1 aromatic heterocycles. The summed E-state index contributed by atoms with van der Waals surface area (Å²) in [6.45, 7) is 5.13. The van der Waals surface area contributed by atoms with Gasteiger partial charge >= 0.3 is 0 Å². The molecule has 4 heteroatoms. The number of aromatic hydroxyl groups is 2. The number of pyridine rings is 1. The maximum absolute atomic E-state index is 9.78. The molecule has 0 atom stereocenters. The summed E-state index contributed by atoms with van der Waals surface area (Å²) >= 11 is 0. The minimum absolute atomic E-state index is 0.00898. The van der Waals surface area contributed by atoms with E-state index in [0.29, 0.717) is 10.8 Å². The minimum Gasteiger partial charge on any atom is -0.507 e. The Balaban J connectivity index is 2.92. The highest BCUT2D eigenvalue weighted by Gasteiger charge is 2.10. The molecule has 2 N–H and O–H groups in total. The molecule has 1 heterocycles. The standard InChI is InChI=1S/C11H10N2O2/c1-6-3-7-8(5-13-6)11(15)9(12-2)4-10(7)14/h3-5,14-15H,2H2,1H3. The van der Waals surface area contributed by atoms with Crippen molar-refractivity contribution in [3.05, 3.63) is 24.0 Å². The summed E-state index contributed by atoms with van der Waals surface area (Å²) in [6, 6.07) is 3.08. The zero-order chi connectivity index (χ0) is 11.0. The van der Waals surface area contributed by atoms with Gasteiger partial charge < -0.3 is 10.2 Å². The number of hydrogen-bond donors (Lipinski definition) is 2. The number of aliphatic imine (C=N–C) groups is 1. The summed E-state index contributed by atoms with van der Waals surface area (Å²) in [5.74, 6) is 0.0565. The van der Waals surface area contributed by atoms with Crippen LogP contribution in [0.15, 0.2) is 23.3 Å². The summed E-state index contributed by atoms with van der Waals surface area (Å²) in [5.41, 5.74) is 1.03. The minimum atomic E-state index is -0.00898. The molecular formula is C11H10N2O2. The smallest absolute Gasteiger partial charge is 0.150 e. The highest BCUT2D eigenvalue weighted by atomic mass is 16.3. The number of hydrogen-bond acceptors (Lipinski definition) is 4. The Bertz CT molecular complexity index is 550. The molecule has 2 rings (SSSR count). The average molecular weight is 202 g/mol. The number of aryl methyl sites for hydroxylation is 1. The van der Waals surface area contributed by atoms with Crippen molar-refractivity contribution in [3.8, 4) is 11.5 Å². The van der Waals surface area contributed by atoms with Gasteiger partial charge in [-0.05, 0) is 19.7 Å². The van der Waals surface area contributed by atoms with Crippen LogP contribution >= 0.6 is 0 Å². The summed E-state index contributed by atoms with van der Waals surface area (Å²) in [7, 11) is 0. The molecule has 15 heavy (non-hydrogen) atoms. The first-order chi connectivity index (χ1) is 7.13. The highest BCUT2D eigenvalue weighted by molar-refractivity contribution is 5.96. The van der Waals surface area contributed by atoms with Gasteiger partial charge in [0.1, 0.15) is 11.4 Å². The zero-order valence-electron chi connectivity index (χ0n) is 8.23. The normalized spacial score (nSPS) is 10.5. The van der Waals surface area contributed by atoms with Gasteiger partial charge in [-0.2, -0.15) is 0 Å². The number of rotatable bonds is 1. The van der Waals surface area contributed by atoms with E-state index in [4.69, 9.17) is 0 Å². The monoisotopic (exact) mass is 202 g/mol. The molecule has 0 saturated heterocycles. The number of phenols is 2. The Hall–Kier alpha value is -2.10. The molecule has 2 aromatic rings. The predicted octanol–water partition coefficient (Wildman–Crippen LogP) is 2.29. The van der Waals surface area contributed by atoms with Gasteiger partial charge in [0.05, 0.1) is 0 Å². The van der Waals surface area contributed by atoms with Crippen molar-refractivity contribution < 1.29 is 10.2 Å². The van der Waals surface area contributed by atoms with Gasteiger partial charge in [0.2, 0.25) is 0 Å². The first kappa shape index (κ1) is 9.45. The van der Waals surface area contributed by atoms with Gasteiger partial charge in [-0.15, -0.1) is 0 Å². The quantitative estimate of drug-likeness (QED) is 0.550. The highest BCUT2D eigenvalue weighted by Crippen LogP contribution is 2.39. The molecule has 0 fully saturated rings. The number of benzene rings is 1. The molecule has 76 valence electrons. The first-order valence-electron chi connectivity index (χ1n) is 4.41. The second-order valence-electron chi connectivity index (χ2n) is 3.29. The molecule has 0 saturated carbocycles. The van der Waals surface area contributed by atoms with Crippen LogP contribution in [0.2, 0.25) is 0 Å². The Labute approximate surface area is 86.5 Å². The van der Waals surface area contributed by atoms with Gasteiger partial charge in [-0.25, -0.2) is 0 Å². The second kappa shape index (κ2) is 3.24. The second-order valence-corrected chi connectivity index (χ2v) is 3.29. The van der Waals surface area contributed by atoms with Gasteiger partial charge in [0.25, 0.3) is 0 Å². The maximum atomic E-state index is 9.78. The summed E-state index contributed by atoms with van der Waals surface area (Å²) in [4.78, 5) is 7.67. The molecule has 0 aliphatic heterocycles. The van der Waals surface area contributed by atoms with Crippen LogP contribution in [-0.4, -0.2) is 21.9 Å². The molecule has 0 amide bonds. The van der Waals surface area contributed by atoms with Crippen LogP contribution in [0.25, 0.3) is 10.8 Å². The Morgan fingerprint density at radius 3 is 2.67 bits per heavy atom. The summed E-state index contributed by atoms with van der Waals surface area (Å²) in [6.07, 6.45) is 1.51. The van der Waals surface area contributed by atoms with Crippen LogP contribution in [0.4, 0.5) is 5.69 Å². The number of aromatic nitrogens is 1. The lowest BCUT2D eigenvalue weighted by atomic mass is 10.1. The van der Waals surface area contributed by atoms with E-state index in [1.807, 2.05) is 6.92 Å². The fraction of sp³-hybridized carbons (Fsp3) is 0.0909. The van der Waals surface area contributed by atoms with Crippen LogP contribution in [0.3, 0.4) is 0 Å². The van der Waals surface area contributed by atoms with Crippen molar-refractivity contribution in [2.75, 3.05) is 0 Å². The fourth-order valence-corrected chi connectivity index (χ4v) is 1.49. The third kappa shape index (κ3) is 1.40. The van der Waals surface area contributed by atoms with E-state index in [2.05, 4.69) is 16.7 Å². The molecule has 0 spiro atoms. The maximum Gasteiger partial charge on any atom is 0.150 e. The van der Waals surface area contributed by atoms with Gasteiger partial charge in [-0.1, -0.05) is 0 Å². The lowest BCUT2D eigenvalue weighted by Gasteiger charge is -2.06. The topological polar surface area (TPSA) is 65.7 Å². The number of phenolic OH excluding ortho intramolecular Hbond substituents is 2. The van der Waals surface area contributed by atoms with Crippen LogP contribution in [0.1, 0.15) is 5.69 Å². The lowest BCUT2D eigenvalue weighted by Crippen LogP contribution is -1.83. The van der Waals surface area contributed by atoms with E-state index < -0.39 is 0 Å². The van der Waals surface area contributed by atoms with Crippen molar-refractivity contribution in [3.63, 3.8) is 0 Å². The molecule has 0 aliphatic carbocycles. The Morgan fingerprint density at radius 1 is 1.27 bits per heavy atom. The molecule has 1 aromatic carbocycles. The summed E-state index contributed by atoms with van der Waals surface area (Å²) in [5, 5.41) is 20.5. The molecule has 4 nitrogen and oxygen atoms in total. The Kier molecular flexibility index (Phi) is 2.04. The first-order valence-corrected chi connectivity index (χ1v) is 4.41. The van der Waals surface area contributed by atoms with Gasteiger partial charge in [0.15, 0.2) is 5.75 Å². The van der Waals surface area contributed by atoms with E-state index in [-0.39, 0.29) is 17.2 Å². The molecule has 0 radical (unpaired) electrons. The summed E-state index contributed by atoms with van der Waals surface area (Å²) < 4.78 is 0. The van der Waals surface area contributed by atoms with E-state index in [0.717, 1.165) is 5.69 Å². The average Bonchev–Trinajstić information content (AvgIpc) is 2.23. The predicted molar refractivity (Wildman–Crippen MR) is 59.0 cm³/mol. The van der Waals surface area contributed by atoms with Crippen LogP contribution in [0, 0.1) is 6.92 Å². The third-order valence-electron chi connectivity index (χ3n) is 2.26. The van der Waals surface area contributed by atoms with Crippen LogP contribution in [-0.2, 0) is 0 Å². The van der Waals surface area contributed by atoms with Gasteiger partial charge in [-0.3, -0.25) is 9.98 Å². The molecule has 0 aliphatic rings. The molecule has 0 unspecified atom stereocenters. The van der Waals surface area contributed by atoms with Gasteiger partial charge in [0, 0.05) is 28.7 Å². The van der Waals surface area contributed by atoms with E-state index in [1.165, 1.54) is 12.3 Å². The van der Waals surface area contributed by atoms with Crippen molar-refractivity contribution in [1.29, 1.82) is 0 Å². The van der Waals surface area contributed by atoms with Crippen molar-refractivity contribution in [2.24, 2.45) is 4.99 Å².